The Bertz CT molecular complexity index is 167. The number of hydrogen-bond acceptors (Lipinski definition) is 4. The summed E-state index contributed by atoms with van der Waals surface area (Å²) in [5, 5.41) is 8.61. The molecule has 3 N–H and O–H groups in total. The minimum Gasteiger partial charge on any atom is -0.396 e. The topological polar surface area (TPSA) is 58.7 Å². The van der Waals surface area contributed by atoms with E-state index >= 15 is 0 Å². The van der Waals surface area contributed by atoms with Crippen molar-refractivity contribution in [1.82, 2.24) is 4.90 Å². The van der Waals surface area contributed by atoms with Crippen LogP contribution in [0.2, 0.25) is 0 Å². The molecule has 1 aliphatic heterocycles. The van der Waals surface area contributed by atoms with Crippen LogP contribution in [-0.2, 0) is 4.74 Å². The van der Waals surface area contributed by atoms with Crippen molar-refractivity contribution < 1.29 is 9.84 Å². The van der Waals surface area contributed by atoms with Gasteiger partial charge in [0, 0.05) is 26.3 Å². The zero-order valence-electron chi connectivity index (χ0n) is 10.2. The molecule has 1 atom stereocenters. The Labute approximate surface area is 98.8 Å². The van der Waals surface area contributed by atoms with Crippen LogP contribution >= 0.6 is 0 Å². The van der Waals surface area contributed by atoms with Crippen LogP contribution in [0.4, 0.5) is 0 Å². The average molecular weight is 230 g/mol. The van der Waals surface area contributed by atoms with E-state index in [1.807, 2.05) is 0 Å². The Kier molecular flexibility index (Phi) is 7.76. The lowest BCUT2D eigenvalue weighted by atomic mass is 9.98. The molecule has 0 aromatic heterocycles. The second-order valence-electron chi connectivity index (χ2n) is 4.59. The van der Waals surface area contributed by atoms with Gasteiger partial charge in [0.05, 0.1) is 6.61 Å². The van der Waals surface area contributed by atoms with E-state index in [0.29, 0.717) is 5.92 Å². The van der Waals surface area contributed by atoms with Crippen molar-refractivity contribution in [2.45, 2.75) is 25.7 Å². The molecule has 0 radical (unpaired) electrons. The number of aliphatic hydroxyl groups excluding tert-OH is 1. The number of ether oxygens (including phenoxy) is 1. The van der Waals surface area contributed by atoms with Crippen molar-refractivity contribution in [1.29, 1.82) is 0 Å². The Hall–Kier alpha value is -0.160. The molecule has 1 unspecified atom stereocenters. The number of unbranched alkanes of at least 4 members (excludes halogenated alkanes) is 1. The summed E-state index contributed by atoms with van der Waals surface area (Å²) in [7, 11) is 0. The van der Waals surface area contributed by atoms with Crippen LogP contribution in [0.5, 0.6) is 0 Å². The number of nitrogens with zero attached hydrogens (tertiary/aromatic N) is 1. The van der Waals surface area contributed by atoms with Crippen molar-refractivity contribution in [3.05, 3.63) is 0 Å². The quantitative estimate of drug-likeness (QED) is 0.594. The first kappa shape index (κ1) is 13.9. The number of aliphatic hydroxyl groups is 1. The maximum absolute atomic E-state index is 8.61. The molecular weight excluding hydrogens is 204 g/mol. The van der Waals surface area contributed by atoms with E-state index in [1.165, 1.54) is 19.4 Å². The standard InChI is InChI=1S/C12H26N2O2/c13-10-12-4-3-5-14(11-12)6-9-16-8-2-1-7-15/h12,15H,1-11,13H2. The minimum absolute atomic E-state index is 0.271. The SMILES string of the molecule is NCC1CCCN(CCOCCCCO)C1. The zero-order valence-corrected chi connectivity index (χ0v) is 10.2. The lowest BCUT2D eigenvalue weighted by Crippen LogP contribution is -2.40. The highest BCUT2D eigenvalue weighted by atomic mass is 16.5. The molecule has 1 heterocycles. The van der Waals surface area contributed by atoms with Gasteiger partial charge in [-0.1, -0.05) is 0 Å². The van der Waals surface area contributed by atoms with Gasteiger partial charge in [-0.05, 0) is 44.7 Å². The molecule has 4 heteroatoms. The average Bonchev–Trinajstić information content (AvgIpc) is 2.34. The smallest absolute Gasteiger partial charge is 0.0593 e. The van der Waals surface area contributed by atoms with E-state index in [9.17, 15) is 0 Å². The lowest BCUT2D eigenvalue weighted by molar-refractivity contribution is 0.0818. The number of nitrogens with two attached hydrogens (primary N) is 1. The van der Waals surface area contributed by atoms with Crippen molar-refractivity contribution in [2.24, 2.45) is 11.7 Å². The van der Waals surface area contributed by atoms with Crippen molar-refractivity contribution in [3.63, 3.8) is 0 Å². The van der Waals surface area contributed by atoms with Crippen molar-refractivity contribution in [3.8, 4) is 0 Å². The van der Waals surface area contributed by atoms with Crippen LogP contribution in [0.15, 0.2) is 0 Å². The van der Waals surface area contributed by atoms with E-state index in [0.717, 1.165) is 45.7 Å². The molecule has 96 valence electrons. The molecule has 0 aliphatic carbocycles. The van der Waals surface area contributed by atoms with Crippen LogP contribution < -0.4 is 5.73 Å². The highest BCUT2D eigenvalue weighted by Gasteiger charge is 2.17. The molecule has 1 rings (SSSR count). The van der Waals surface area contributed by atoms with Gasteiger partial charge in [-0.3, -0.25) is 0 Å². The molecule has 0 aromatic rings. The van der Waals surface area contributed by atoms with Crippen molar-refractivity contribution in [2.75, 3.05) is 46.0 Å². The third-order valence-electron chi connectivity index (χ3n) is 3.19. The van der Waals surface area contributed by atoms with Gasteiger partial charge in [0.15, 0.2) is 0 Å². The predicted molar refractivity (Wildman–Crippen MR) is 65.4 cm³/mol. The molecule has 1 aliphatic rings. The third-order valence-corrected chi connectivity index (χ3v) is 3.19. The second-order valence-corrected chi connectivity index (χ2v) is 4.59. The van der Waals surface area contributed by atoms with Crippen LogP contribution in [0.3, 0.4) is 0 Å². The molecular formula is C12H26N2O2. The molecule has 0 bridgehead atoms. The van der Waals surface area contributed by atoms with Crippen LogP contribution in [0, 0.1) is 5.92 Å². The summed E-state index contributed by atoms with van der Waals surface area (Å²) in [6.45, 7) is 6.02. The minimum atomic E-state index is 0.271. The monoisotopic (exact) mass is 230 g/mol. The van der Waals surface area contributed by atoms with Gasteiger partial charge < -0.3 is 20.5 Å². The third kappa shape index (κ3) is 5.80. The van der Waals surface area contributed by atoms with E-state index < -0.39 is 0 Å². The summed E-state index contributed by atoms with van der Waals surface area (Å²) in [5.41, 5.74) is 5.69. The first-order chi connectivity index (χ1) is 7.86. The largest absolute Gasteiger partial charge is 0.396 e. The maximum atomic E-state index is 8.61. The molecule has 0 saturated carbocycles. The summed E-state index contributed by atoms with van der Waals surface area (Å²) >= 11 is 0. The molecule has 16 heavy (non-hydrogen) atoms. The zero-order chi connectivity index (χ0) is 11.6. The van der Waals surface area contributed by atoms with E-state index in [2.05, 4.69) is 4.90 Å². The normalized spacial score (nSPS) is 22.5. The lowest BCUT2D eigenvalue weighted by Gasteiger charge is -2.31. The van der Waals surface area contributed by atoms with Gasteiger partial charge >= 0.3 is 0 Å². The summed E-state index contributed by atoms with van der Waals surface area (Å²) in [4.78, 5) is 2.45. The Balaban J connectivity index is 1.95. The van der Waals surface area contributed by atoms with Gasteiger partial charge in [-0.25, -0.2) is 0 Å². The summed E-state index contributed by atoms with van der Waals surface area (Å²) < 4.78 is 5.52. The fourth-order valence-electron chi connectivity index (χ4n) is 2.16. The fourth-order valence-corrected chi connectivity index (χ4v) is 2.16. The summed E-state index contributed by atoms with van der Waals surface area (Å²) in [6.07, 6.45) is 4.36. The summed E-state index contributed by atoms with van der Waals surface area (Å²) in [6, 6.07) is 0. The van der Waals surface area contributed by atoms with Gasteiger partial charge in [-0.15, -0.1) is 0 Å². The Morgan fingerprint density at radius 3 is 2.94 bits per heavy atom. The molecule has 0 amide bonds. The van der Waals surface area contributed by atoms with Gasteiger partial charge in [0.1, 0.15) is 0 Å². The van der Waals surface area contributed by atoms with E-state index in [4.69, 9.17) is 15.6 Å². The van der Waals surface area contributed by atoms with E-state index in [1.54, 1.807) is 0 Å². The molecule has 4 nitrogen and oxygen atoms in total. The second kappa shape index (κ2) is 8.93. The molecule has 1 saturated heterocycles. The van der Waals surface area contributed by atoms with Gasteiger partial charge in [0.2, 0.25) is 0 Å². The van der Waals surface area contributed by atoms with Crippen LogP contribution in [0.25, 0.3) is 0 Å². The Morgan fingerprint density at radius 1 is 1.31 bits per heavy atom. The van der Waals surface area contributed by atoms with Crippen LogP contribution in [0.1, 0.15) is 25.7 Å². The van der Waals surface area contributed by atoms with E-state index in [-0.39, 0.29) is 6.61 Å². The fraction of sp³-hybridized carbons (Fsp3) is 1.00. The number of rotatable bonds is 8. The summed E-state index contributed by atoms with van der Waals surface area (Å²) in [5.74, 6) is 0.683. The number of likely N-dealkylation sites (tertiary alicyclic amines) is 1. The molecule has 0 spiro atoms. The molecule has 0 aromatic carbocycles. The number of piperidine rings is 1. The van der Waals surface area contributed by atoms with Gasteiger partial charge in [0.25, 0.3) is 0 Å². The van der Waals surface area contributed by atoms with Crippen molar-refractivity contribution >= 4 is 0 Å². The predicted octanol–water partition coefficient (Wildman–Crippen LogP) is 0.446. The first-order valence-corrected chi connectivity index (χ1v) is 6.48. The highest BCUT2D eigenvalue weighted by molar-refractivity contribution is 4.73. The van der Waals surface area contributed by atoms with Gasteiger partial charge in [-0.2, -0.15) is 0 Å². The first-order valence-electron chi connectivity index (χ1n) is 6.48. The van der Waals surface area contributed by atoms with Crippen LogP contribution in [-0.4, -0.2) is 56.0 Å². The Morgan fingerprint density at radius 2 is 2.19 bits per heavy atom. The maximum Gasteiger partial charge on any atom is 0.0593 e. The highest BCUT2D eigenvalue weighted by Crippen LogP contribution is 2.14. The number of hydrogen-bond donors (Lipinski definition) is 2. The molecule has 1 fully saturated rings.